The van der Waals surface area contributed by atoms with Gasteiger partial charge in [0.2, 0.25) is 10.0 Å². The molecule has 1 aromatic heterocycles. The van der Waals surface area contributed by atoms with Crippen LogP contribution >= 0.6 is 0 Å². The summed E-state index contributed by atoms with van der Waals surface area (Å²) in [5, 5.41) is 2.82. The van der Waals surface area contributed by atoms with Crippen molar-refractivity contribution >= 4 is 33.1 Å². The molecule has 1 N–H and O–H groups in total. The van der Waals surface area contributed by atoms with Crippen LogP contribution in [0.1, 0.15) is 35.7 Å². The summed E-state index contributed by atoms with van der Waals surface area (Å²) in [6.45, 7) is 3.96. The maximum absolute atomic E-state index is 12.6. The number of pyridine rings is 1. The molecule has 0 bridgehead atoms. The van der Waals surface area contributed by atoms with Gasteiger partial charge < -0.3 is 10.2 Å². The van der Waals surface area contributed by atoms with E-state index >= 15 is 0 Å². The minimum Gasteiger partial charge on any atom is -0.370 e. The predicted molar refractivity (Wildman–Crippen MR) is 111 cm³/mol. The zero-order valence-electron chi connectivity index (χ0n) is 16.1. The van der Waals surface area contributed by atoms with Crippen LogP contribution in [0.2, 0.25) is 0 Å². The molecule has 2 aromatic rings. The molecule has 0 unspecified atom stereocenters. The molecule has 3 heterocycles. The average molecular weight is 401 g/mol. The lowest BCUT2D eigenvalue weighted by Crippen LogP contribution is -2.34. The SMILES string of the molecule is C[C@H]1Cc2cc(C(=O)Nc3ccc(N4CCCC4)cn3)ccc2N1S(C)(=O)=O. The van der Waals surface area contributed by atoms with E-state index < -0.39 is 10.0 Å². The second-order valence-corrected chi connectivity index (χ2v) is 9.36. The Morgan fingerprint density at radius 2 is 1.93 bits per heavy atom. The highest BCUT2D eigenvalue weighted by Crippen LogP contribution is 2.34. The highest BCUT2D eigenvalue weighted by Gasteiger charge is 2.32. The van der Waals surface area contributed by atoms with Crippen LogP contribution in [0.4, 0.5) is 17.2 Å². The summed E-state index contributed by atoms with van der Waals surface area (Å²) < 4.78 is 25.5. The topological polar surface area (TPSA) is 82.6 Å². The third-order valence-electron chi connectivity index (χ3n) is 5.31. The van der Waals surface area contributed by atoms with Crippen molar-refractivity contribution in [3.05, 3.63) is 47.7 Å². The fourth-order valence-corrected chi connectivity index (χ4v) is 5.32. The lowest BCUT2D eigenvalue weighted by molar-refractivity contribution is 0.102. The second-order valence-electron chi connectivity index (χ2n) is 7.51. The number of nitrogens with zero attached hydrogens (tertiary/aromatic N) is 3. The number of anilines is 3. The third-order valence-corrected chi connectivity index (χ3v) is 6.58. The third kappa shape index (κ3) is 3.56. The zero-order chi connectivity index (χ0) is 19.9. The Kier molecular flexibility index (Phi) is 4.74. The second kappa shape index (κ2) is 7.09. The van der Waals surface area contributed by atoms with E-state index in [-0.39, 0.29) is 11.9 Å². The van der Waals surface area contributed by atoms with E-state index in [1.54, 1.807) is 24.4 Å². The smallest absolute Gasteiger partial charge is 0.256 e. The number of sulfonamides is 1. The fourth-order valence-electron chi connectivity index (χ4n) is 4.06. The summed E-state index contributed by atoms with van der Waals surface area (Å²) in [4.78, 5) is 19.3. The summed E-state index contributed by atoms with van der Waals surface area (Å²) in [5.41, 5.74) is 3.08. The van der Waals surface area contributed by atoms with Crippen LogP contribution in [0.3, 0.4) is 0 Å². The molecule has 148 valence electrons. The van der Waals surface area contributed by atoms with Gasteiger partial charge in [-0.1, -0.05) is 0 Å². The number of amides is 1. The van der Waals surface area contributed by atoms with Gasteiger partial charge in [0.05, 0.1) is 23.8 Å². The van der Waals surface area contributed by atoms with E-state index in [1.807, 2.05) is 19.1 Å². The van der Waals surface area contributed by atoms with Crippen molar-refractivity contribution in [2.75, 3.05) is 33.9 Å². The van der Waals surface area contributed by atoms with Gasteiger partial charge >= 0.3 is 0 Å². The molecule has 1 amide bonds. The van der Waals surface area contributed by atoms with E-state index in [0.29, 0.717) is 23.5 Å². The van der Waals surface area contributed by atoms with Crippen LogP contribution < -0.4 is 14.5 Å². The first kappa shape index (κ1) is 18.7. The van der Waals surface area contributed by atoms with Crippen molar-refractivity contribution in [3.8, 4) is 0 Å². The van der Waals surface area contributed by atoms with Crippen LogP contribution in [-0.2, 0) is 16.4 Å². The van der Waals surface area contributed by atoms with Crippen molar-refractivity contribution < 1.29 is 13.2 Å². The Hall–Kier alpha value is -2.61. The van der Waals surface area contributed by atoms with Crippen molar-refractivity contribution in [1.29, 1.82) is 0 Å². The minimum atomic E-state index is -3.34. The number of carbonyl (C=O) groups is 1. The summed E-state index contributed by atoms with van der Waals surface area (Å²) in [6, 6.07) is 8.77. The highest BCUT2D eigenvalue weighted by atomic mass is 32.2. The van der Waals surface area contributed by atoms with Gasteiger partial charge in [-0.05, 0) is 62.1 Å². The molecule has 1 atom stereocenters. The maximum Gasteiger partial charge on any atom is 0.256 e. The summed E-state index contributed by atoms with van der Waals surface area (Å²) in [7, 11) is -3.34. The number of hydrogen-bond donors (Lipinski definition) is 1. The van der Waals surface area contributed by atoms with Crippen molar-refractivity contribution in [1.82, 2.24) is 4.98 Å². The number of benzene rings is 1. The van der Waals surface area contributed by atoms with Gasteiger partial charge in [0.15, 0.2) is 0 Å². The van der Waals surface area contributed by atoms with Gasteiger partial charge in [-0.25, -0.2) is 13.4 Å². The van der Waals surface area contributed by atoms with E-state index in [9.17, 15) is 13.2 Å². The Labute approximate surface area is 165 Å². The Morgan fingerprint density at radius 1 is 1.18 bits per heavy atom. The largest absolute Gasteiger partial charge is 0.370 e. The number of fused-ring (bicyclic) bond motifs is 1. The van der Waals surface area contributed by atoms with E-state index in [2.05, 4.69) is 15.2 Å². The molecule has 0 aliphatic carbocycles. The van der Waals surface area contributed by atoms with Gasteiger partial charge in [-0.2, -0.15) is 0 Å². The standard InChI is InChI=1S/C20H24N4O3S/c1-14-11-16-12-15(5-7-18(16)24(14)28(2,26)27)20(25)22-19-8-6-17(13-21-19)23-9-3-4-10-23/h5-8,12-14H,3-4,9-11H2,1-2H3,(H,21,22,25)/t14-/m0/s1. The first-order chi connectivity index (χ1) is 13.3. The lowest BCUT2D eigenvalue weighted by atomic mass is 10.1. The van der Waals surface area contributed by atoms with E-state index in [0.717, 1.165) is 24.3 Å². The Morgan fingerprint density at radius 3 is 2.57 bits per heavy atom. The molecule has 0 spiro atoms. The Bertz CT molecular complexity index is 999. The molecule has 2 aliphatic heterocycles. The van der Waals surface area contributed by atoms with E-state index in [1.165, 1.54) is 23.4 Å². The molecule has 4 rings (SSSR count). The molecular formula is C20H24N4O3S. The normalized spacial score (nSPS) is 19.0. The Balaban J connectivity index is 1.49. The molecule has 0 saturated carbocycles. The zero-order valence-corrected chi connectivity index (χ0v) is 16.9. The molecular weight excluding hydrogens is 376 g/mol. The quantitative estimate of drug-likeness (QED) is 0.853. The monoisotopic (exact) mass is 400 g/mol. The minimum absolute atomic E-state index is 0.150. The predicted octanol–water partition coefficient (Wildman–Crippen LogP) is 2.64. The van der Waals surface area contributed by atoms with Gasteiger partial charge in [0.1, 0.15) is 5.82 Å². The van der Waals surface area contributed by atoms with Crippen LogP contribution in [-0.4, -0.2) is 44.7 Å². The van der Waals surface area contributed by atoms with Crippen molar-refractivity contribution in [3.63, 3.8) is 0 Å². The van der Waals surface area contributed by atoms with Gasteiger partial charge in [-0.3, -0.25) is 9.10 Å². The van der Waals surface area contributed by atoms with E-state index in [4.69, 9.17) is 0 Å². The number of aromatic nitrogens is 1. The number of carbonyl (C=O) groups excluding carboxylic acids is 1. The number of rotatable bonds is 4. The van der Waals surface area contributed by atoms with Crippen LogP contribution in [0, 0.1) is 0 Å². The summed E-state index contributed by atoms with van der Waals surface area (Å²) in [6.07, 6.45) is 5.98. The lowest BCUT2D eigenvalue weighted by Gasteiger charge is -2.21. The highest BCUT2D eigenvalue weighted by molar-refractivity contribution is 7.92. The molecule has 2 aliphatic rings. The molecule has 7 nitrogen and oxygen atoms in total. The maximum atomic E-state index is 12.6. The average Bonchev–Trinajstić information content (AvgIpc) is 3.27. The van der Waals surface area contributed by atoms with Gasteiger partial charge in [0.25, 0.3) is 5.91 Å². The molecule has 0 radical (unpaired) electrons. The summed E-state index contributed by atoms with van der Waals surface area (Å²) >= 11 is 0. The molecule has 1 aromatic carbocycles. The van der Waals surface area contributed by atoms with Crippen LogP contribution in [0.15, 0.2) is 36.5 Å². The molecule has 8 heteroatoms. The first-order valence-corrected chi connectivity index (χ1v) is 11.3. The molecule has 1 fully saturated rings. The molecule has 28 heavy (non-hydrogen) atoms. The summed E-state index contributed by atoms with van der Waals surface area (Å²) in [5.74, 6) is 0.245. The van der Waals surface area contributed by atoms with Gasteiger partial charge in [-0.15, -0.1) is 0 Å². The van der Waals surface area contributed by atoms with Gasteiger partial charge in [0, 0.05) is 24.7 Å². The number of nitrogens with one attached hydrogen (secondary N) is 1. The van der Waals surface area contributed by atoms with Crippen LogP contribution in [0.25, 0.3) is 0 Å². The number of hydrogen-bond acceptors (Lipinski definition) is 5. The van der Waals surface area contributed by atoms with Crippen molar-refractivity contribution in [2.24, 2.45) is 0 Å². The van der Waals surface area contributed by atoms with Crippen LogP contribution in [0.5, 0.6) is 0 Å². The fraction of sp³-hybridized carbons (Fsp3) is 0.400. The first-order valence-electron chi connectivity index (χ1n) is 9.47. The molecule has 1 saturated heterocycles. The van der Waals surface area contributed by atoms with Crippen molar-refractivity contribution in [2.45, 2.75) is 32.2 Å².